The molecule has 0 aliphatic rings. The van der Waals surface area contributed by atoms with Gasteiger partial charge in [0.15, 0.2) is 0 Å². The van der Waals surface area contributed by atoms with Crippen molar-refractivity contribution >= 4 is 12.0 Å². The summed E-state index contributed by atoms with van der Waals surface area (Å²) in [4.78, 5) is 6.79. The first kappa shape index (κ1) is 10.5. The van der Waals surface area contributed by atoms with E-state index in [0.29, 0.717) is 6.20 Å². The molecule has 0 aromatic carbocycles. The Morgan fingerprint density at radius 1 is 1.43 bits per heavy atom. The Hall–Kier alpha value is -1.59. The van der Waals surface area contributed by atoms with Gasteiger partial charge in [0.25, 0.3) is 0 Å². The normalized spacial score (nSPS) is 12.3. The summed E-state index contributed by atoms with van der Waals surface area (Å²) in [5.41, 5.74) is 4.08. The Kier molecular flexibility index (Phi) is 2.73. The number of hydrogen-bond donors (Lipinski definition) is 1. The van der Waals surface area contributed by atoms with Gasteiger partial charge >= 0.3 is 6.18 Å². The van der Waals surface area contributed by atoms with E-state index in [1.54, 1.807) is 6.92 Å². The zero-order valence-electron chi connectivity index (χ0n) is 7.34. The molecule has 3 nitrogen and oxygen atoms in total. The van der Waals surface area contributed by atoms with Gasteiger partial charge < -0.3 is 5.73 Å². The third kappa shape index (κ3) is 2.21. The highest BCUT2D eigenvalue weighted by Crippen LogP contribution is 2.31. The molecule has 1 rings (SSSR count). The second-order valence-corrected chi connectivity index (χ2v) is 2.52. The average Bonchev–Trinajstić information content (AvgIpc) is 2.02. The third-order valence-electron chi connectivity index (χ3n) is 1.47. The second-order valence-electron chi connectivity index (χ2n) is 2.52. The number of hydrogen-bond acceptors (Lipinski definition) is 3. The van der Waals surface area contributed by atoms with Crippen LogP contribution in [0.4, 0.5) is 19.1 Å². The second kappa shape index (κ2) is 3.65. The highest BCUT2D eigenvalue weighted by Gasteiger charge is 2.34. The first-order chi connectivity index (χ1) is 6.45. The Morgan fingerprint density at radius 3 is 2.57 bits per heavy atom. The van der Waals surface area contributed by atoms with Crippen LogP contribution in [0, 0.1) is 0 Å². The number of anilines is 1. The van der Waals surface area contributed by atoms with Gasteiger partial charge in [-0.25, -0.2) is 9.97 Å². The molecule has 0 spiro atoms. The van der Waals surface area contributed by atoms with Crippen molar-refractivity contribution in [2.45, 2.75) is 13.1 Å². The number of aromatic nitrogens is 2. The van der Waals surface area contributed by atoms with Crippen LogP contribution in [0.2, 0.25) is 0 Å². The maximum absolute atomic E-state index is 12.3. The standard InChI is InChI=1S/C8H8F3N3/c1-2-3-6-5(8(9,10)11)4-13-7(12)14-6/h2-4H,1H3,(H2,12,13,14)/b3-2+. The summed E-state index contributed by atoms with van der Waals surface area (Å²) in [6, 6.07) is 0. The van der Waals surface area contributed by atoms with Crippen LogP contribution in [0.5, 0.6) is 0 Å². The summed E-state index contributed by atoms with van der Waals surface area (Å²) in [6.07, 6.45) is -1.09. The number of nitrogens with zero attached hydrogens (tertiary/aromatic N) is 2. The molecule has 2 N–H and O–H groups in total. The highest BCUT2D eigenvalue weighted by atomic mass is 19.4. The molecule has 14 heavy (non-hydrogen) atoms. The third-order valence-corrected chi connectivity index (χ3v) is 1.47. The molecule has 0 fully saturated rings. The van der Waals surface area contributed by atoms with Gasteiger partial charge in [-0.2, -0.15) is 13.2 Å². The van der Waals surface area contributed by atoms with Crippen molar-refractivity contribution in [3.63, 3.8) is 0 Å². The SMILES string of the molecule is C/C=C/c1nc(N)ncc1C(F)(F)F. The fraction of sp³-hybridized carbons (Fsp3) is 0.250. The van der Waals surface area contributed by atoms with E-state index < -0.39 is 11.7 Å². The maximum atomic E-state index is 12.3. The van der Waals surface area contributed by atoms with Gasteiger partial charge in [-0.05, 0) is 13.0 Å². The van der Waals surface area contributed by atoms with Crippen LogP contribution in [-0.4, -0.2) is 9.97 Å². The van der Waals surface area contributed by atoms with Crippen molar-refractivity contribution < 1.29 is 13.2 Å². The fourth-order valence-corrected chi connectivity index (χ4v) is 0.913. The molecule has 0 aliphatic heterocycles. The van der Waals surface area contributed by atoms with Crippen molar-refractivity contribution in [2.75, 3.05) is 5.73 Å². The molecule has 0 atom stereocenters. The molecule has 0 radical (unpaired) electrons. The Balaban J connectivity index is 3.29. The average molecular weight is 203 g/mol. The smallest absolute Gasteiger partial charge is 0.368 e. The van der Waals surface area contributed by atoms with E-state index in [0.717, 1.165) is 0 Å². The fourth-order valence-electron chi connectivity index (χ4n) is 0.913. The Morgan fingerprint density at radius 2 is 2.07 bits per heavy atom. The largest absolute Gasteiger partial charge is 0.419 e. The molecule has 0 saturated carbocycles. The van der Waals surface area contributed by atoms with Crippen LogP contribution in [0.1, 0.15) is 18.2 Å². The van der Waals surface area contributed by atoms with E-state index in [1.165, 1.54) is 12.2 Å². The van der Waals surface area contributed by atoms with Crippen molar-refractivity contribution in [1.82, 2.24) is 9.97 Å². The first-order valence-electron chi connectivity index (χ1n) is 3.77. The van der Waals surface area contributed by atoms with Gasteiger partial charge in [-0.3, -0.25) is 0 Å². The van der Waals surface area contributed by atoms with Gasteiger partial charge in [-0.1, -0.05) is 6.08 Å². The summed E-state index contributed by atoms with van der Waals surface area (Å²) in [5.74, 6) is -0.175. The van der Waals surface area contributed by atoms with Crippen LogP contribution < -0.4 is 5.73 Å². The lowest BCUT2D eigenvalue weighted by atomic mass is 10.2. The predicted octanol–water partition coefficient (Wildman–Crippen LogP) is 2.11. The number of alkyl halides is 3. The lowest BCUT2D eigenvalue weighted by molar-refractivity contribution is -0.138. The topological polar surface area (TPSA) is 51.8 Å². The first-order valence-corrected chi connectivity index (χ1v) is 3.77. The molecule has 0 aliphatic carbocycles. The number of allylic oxidation sites excluding steroid dienone is 1. The highest BCUT2D eigenvalue weighted by molar-refractivity contribution is 5.50. The number of rotatable bonds is 1. The van der Waals surface area contributed by atoms with E-state index in [4.69, 9.17) is 5.73 Å². The molecule has 0 bridgehead atoms. The van der Waals surface area contributed by atoms with E-state index in [9.17, 15) is 13.2 Å². The van der Waals surface area contributed by atoms with Gasteiger partial charge in [-0.15, -0.1) is 0 Å². The lowest BCUT2D eigenvalue weighted by Crippen LogP contribution is -2.11. The van der Waals surface area contributed by atoms with Crippen LogP contribution in [-0.2, 0) is 6.18 Å². The van der Waals surface area contributed by atoms with E-state index in [2.05, 4.69) is 9.97 Å². The van der Waals surface area contributed by atoms with E-state index >= 15 is 0 Å². The van der Waals surface area contributed by atoms with Gasteiger partial charge in [0, 0.05) is 6.20 Å². The van der Waals surface area contributed by atoms with Gasteiger partial charge in [0.1, 0.15) is 0 Å². The molecular formula is C8H8F3N3. The molecule has 0 amide bonds. The Labute approximate surface area is 78.5 Å². The molecule has 0 unspecified atom stereocenters. The van der Waals surface area contributed by atoms with Crippen LogP contribution in [0.3, 0.4) is 0 Å². The quantitative estimate of drug-likeness (QED) is 0.760. The number of halogens is 3. The van der Waals surface area contributed by atoms with Crippen LogP contribution in [0.15, 0.2) is 12.3 Å². The molecule has 76 valence electrons. The molecule has 0 saturated heterocycles. The number of nitrogens with two attached hydrogens (primary N) is 1. The summed E-state index contributed by atoms with van der Waals surface area (Å²) in [6.45, 7) is 1.60. The van der Waals surface area contributed by atoms with Gasteiger partial charge in [0.05, 0.1) is 11.3 Å². The molecule has 1 aromatic rings. The zero-order valence-corrected chi connectivity index (χ0v) is 7.34. The number of nitrogen functional groups attached to an aromatic ring is 1. The van der Waals surface area contributed by atoms with Crippen LogP contribution >= 0.6 is 0 Å². The van der Waals surface area contributed by atoms with Gasteiger partial charge in [0.2, 0.25) is 5.95 Å². The van der Waals surface area contributed by atoms with Crippen LogP contribution in [0.25, 0.3) is 6.08 Å². The monoisotopic (exact) mass is 203 g/mol. The molecular weight excluding hydrogens is 195 g/mol. The summed E-state index contributed by atoms with van der Waals surface area (Å²) in [5, 5.41) is 0. The minimum atomic E-state index is -4.46. The molecule has 1 heterocycles. The summed E-state index contributed by atoms with van der Waals surface area (Å²) in [7, 11) is 0. The zero-order chi connectivity index (χ0) is 10.8. The summed E-state index contributed by atoms with van der Waals surface area (Å²) < 4.78 is 37.0. The van der Waals surface area contributed by atoms with Crippen molar-refractivity contribution in [2.24, 2.45) is 0 Å². The van der Waals surface area contributed by atoms with E-state index in [1.807, 2.05) is 0 Å². The lowest BCUT2D eigenvalue weighted by Gasteiger charge is -2.08. The molecule has 6 heteroatoms. The Bertz CT molecular complexity index is 357. The maximum Gasteiger partial charge on any atom is 0.419 e. The summed E-state index contributed by atoms with van der Waals surface area (Å²) >= 11 is 0. The van der Waals surface area contributed by atoms with Crippen molar-refractivity contribution in [3.8, 4) is 0 Å². The van der Waals surface area contributed by atoms with Crippen molar-refractivity contribution in [3.05, 3.63) is 23.5 Å². The minimum absolute atomic E-state index is 0.175. The molecule has 1 aromatic heterocycles. The predicted molar refractivity (Wildman–Crippen MR) is 46.2 cm³/mol. The van der Waals surface area contributed by atoms with E-state index in [-0.39, 0.29) is 11.6 Å². The minimum Gasteiger partial charge on any atom is -0.368 e. The van der Waals surface area contributed by atoms with Crippen molar-refractivity contribution in [1.29, 1.82) is 0 Å².